The van der Waals surface area contributed by atoms with E-state index in [-0.39, 0.29) is 17.3 Å². The molecule has 1 heterocycles. The predicted molar refractivity (Wildman–Crippen MR) is 50.7 cm³/mol. The summed E-state index contributed by atoms with van der Waals surface area (Å²) in [6.07, 6.45) is 0.534. The Hall–Kier alpha value is -1.06. The fourth-order valence-electron chi connectivity index (χ4n) is 1.58. The van der Waals surface area contributed by atoms with Gasteiger partial charge in [0.15, 0.2) is 0 Å². The Labute approximate surface area is 78.2 Å². The van der Waals surface area contributed by atoms with E-state index in [1.807, 2.05) is 32.7 Å². The van der Waals surface area contributed by atoms with Gasteiger partial charge < -0.3 is 5.11 Å². The number of nitrogens with zero attached hydrogens (tertiary/aromatic N) is 2. The molecule has 74 valence electrons. The zero-order valence-electron chi connectivity index (χ0n) is 8.53. The smallest absolute Gasteiger partial charge is 0.352 e. The lowest BCUT2D eigenvalue weighted by molar-refractivity contribution is -0.129. The molecule has 0 saturated carbocycles. The van der Waals surface area contributed by atoms with Crippen LogP contribution in [-0.4, -0.2) is 33.4 Å². The van der Waals surface area contributed by atoms with Gasteiger partial charge >= 0.3 is 5.97 Å². The molecule has 0 bridgehead atoms. The molecule has 0 fully saturated rings. The summed E-state index contributed by atoms with van der Waals surface area (Å²) in [5.41, 5.74) is 0.166. The second-order valence-electron chi connectivity index (χ2n) is 4.42. The number of hydrazone groups is 1. The molecule has 1 unspecified atom stereocenters. The molecule has 0 aliphatic carbocycles. The first-order valence-corrected chi connectivity index (χ1v) is 4.42. The normalized spacial score (nSPS) is 23.2. The van der Waals surface area contributed by atoms with Crippen molar-refractivity contribution >= 4 is 11.7 Å². The average Bonchev–Trinajstić information content (AvgIpc) is 2.29. The summed E-state index contributed by atoms with van der Waals surface area (Å²) >= 11 is 0. The third kappa shape index (κ3) is 1.99. The summed E-state index contributed by atoms with van der Waals surface area (Å²) in [6, 6.07) is 0.186. The number of hydrogen-bond donors (Lipinski definition) is 1. The summed E-state index contributed by atoms with van der Waals surface area (Å²) in [6.45, 7) is 8.07. The van der Waals surface area contributed by atoms with E-state index in [9.17, 15) is 4.79 Å². The van der Waals surface area contributed by atoms with Gasteiger partial charge in [-0.05, 0) is 27.7 Å². The number of hydrogen-bond acceptors (Lipinski definition) is 3. The summed E-state index contributed by atoms with van der Waals surface area (Å²) in [7, 11) is 0. The molecule has 1 N–H and O–H groups in total. The van der Waals surface area contributed by atoms with Gasteiger partial charge in [0.05, 0.1) is 6.04 Å². The van der Waals surface area contributed by atoms with Gasteiger partial charge in [0.1, 0.15) is 5.71 Å². The van der Waals surface area contributed by atoms with Crippen LogP contribution >= 0.6 is 0 Å². The van der Waals surface area contributed by atoms with Crippen molar-refractivity contribution in [3.63, 3.8) is 0 Å². The SMILES string of the molecule is CC1CC(C(=O)O)=NN1C(C)(C)C. The molecule has 0 radical (unpaired) electrons. The van der Waals surface area contributed by atoms with Crippen LogP contribution in [0.2, 0.25) is 0 Å². The maximum absolute atomic E-state index is 10.7. The number of carboxylic acid groups (broad SMARTS) is 1. The van der Waals surface area contributed by atoms with Gasteiger partial charge in [-0.1, -0.05) is 0 Å². The first-order valence-electron chi connectivity index (χ1n) is 4.42. The van der Waals surface area contributed by atoms with E-state index >= 15 is 0 Å². The average molecular weight is 184 g/mol. The van der Waals surface area contributed by atoms with E-state index < -0.39 is 5.97 Å². The van der Waals surface area contributed by atoms with Crippen LogP contribution in [0.3, 0.4) is 0 Å². The van der Waals surface area contributed by atoms with Crippen molar-refractivity contribution < 1.29 is 9.90 Å². The van der Waals surface area contributed by atoms with Gasteiger partial charge in [-0.2, -0.15) is 5.10 Å². The Morgan fingerprint density at radius 2 is 2.15 bits per heavy atom. The quantitative estimate of drug-likeness (QED) is 0.668. The Morgan fingerprint density at radius 1 is 1.62 bits per heavy atom. The van der Waals surface area contributed by atoms with E-state index in [2.05, 4.69) is 5.10 Å². The molecule has 0 aromatic carbocycles. The lowest BCUT2D eigenvalue weighted by atomic mass is 10.1. The largest absolute Gasteiger partial charge is 0.477 e. The third-order valence-electron chi connectivity index (χ3n) is 2.07. The minimum atomic E-state index is -0.904. The molecule has 1 atom stereocenters. The van der Waals surface area contributed by atoms with Crippen LogP contribution in [0.1, 0.15) is 34.1 Å². The van der Waals surface area contributed by atoms with Crippen LogP contribution in [0.4, 0.5) is 0 Å². The van der Waals surface area contributed by atoms with Crippen LogP contribution in [-0.2, 0) is 4.79 Å². The van der Waals surface area contributed by atoms with Crippen molar-refractivity contribution in [2.75, 3.05) is 0 Å². The third-order valence-corrected chi connectivity index (χ3v) is 2.07. The molecule has 4 nitrogen and oxygen atoms in total. The number of carbonyl (C=O) groups is 1. The fraction of sp³-hybridized carbons (Fsp3) is 0.778. The molecule has 0 aromatic rings. The fourth-order valence-corrected chi connectivity index (χ4v) is 1.58. The van der Waals surface area contributed by atoms with Gasteiger partial charge in [0, 0.05) is 12.0 Å². The summed E-state index contributed by atoms with van der Waals surface area (Å²) in [4.78, 5) is 10.7. The Balaban J connectivity index is 2.84. The molecule has 1 aliphatic heterocycles. The van der Waals surface area contributed by atoms with Gasteiger partial charge in [0.2, 0.25) is 0 Å². The summed E-state index contributed by atoms with van der Waals surface area (Å²) in [5.74, 6) is -0.904. The first kappa shape index (κ1) is 10.0. The van der Waals surface area contributed by atoms with Crippen molar-refractivity contribution in [3.8, 4) is 0 Å². The zero-order chi connectivity index (χ0) is 10.2. The maximum Gasteiger partial charge on any atom is 0.352 e. The molecule has 0 saturated heterocycles. The molecule has 13 heavy (non-hydrogen) atoms. The van der Waals surface area contributed by atoms with Crippen molar-refractivity contribution in [2.24, 2.45) is 5.10 Å². The van der Waals surface area contributed by atoms with Gasteiger partial charge in [0.25, 0.3) is 0 Å². The molecule has 4 heteroatoms. The molecule has 0 spiro atoms. The number of rotatable bonds is 1. The highest BCUT2D eigenvalue weighted by molar-refractivity contribution is 6.36. The lowest BCUT2D eigenvalue weighted by Gasteiger charge is -2.33. The van der Waals surface area contributed by atoms with Crippen LogP contribution in [0, 0.1) is 0 Å². The zero-order valence-corrected chi connectivity index (χ0v) is 8.53. The molecular formula is C9H16N2O2. The Bertz CT molecular complexity index is 253. The highest BCUT2D eigenvalue weighted by Crippen LogP contribution is 2.24. The molecule has 0 amide bonds. The maximum atomic E-state index is 10.7. The molecule has 1 rings (SSSR count). The monoisotopic (exact) mass is 184 g/mol. The number of carboxylic acids is 1. The first-order chi connectivity index (χ1) is 5.82. The van der Waals surface area contributed by atoms with Crippen LogP contribution in [0.25, 0.3) is 0 Å². The van der Waals surface area contributed by atoms with E-state index in [1.165, 1.54) is 0 Å². The Kier molecular flexibility index (Phi) is 2.32. The van der Waals surface area contributed by atoms with Crippen molar-refractivity contribution in [1.82, 2.24) is 5.01 Å². The van der Waals surface area contributed by atoms with Crippen LogP contribution in [0.15, 0.2) is 5.10 Å². The molecular weight excluding hydrogens is 168 g/mol. The predicted octanol–water partition coefficient (Wildman–Crippen LogP) is 1.32. The highest BCUT2D eigenvalue weighted by Gasteiger charge is 2.33. The second-order valence-corrected chi connectivity index (χ2v) is 4.42. The highest BCUT2D eigenvalue weighted by atomic mass is 16.4. The van der Waals surface area contributed by atoms with Gasteiger partial charge in [-0.25, -0.2) is 4.79 Å². The summed E-state index contributed by atoms with van der Waals surface area (Å²) in [5, 5.41) is 14.7. The summed E-state index contributed by atoms with van der Waals surface area (Å²) < 4.78 is 0. The van der Waals surface area contributed by atoms with Crippen LogP contribution in [0.5, 0.6) is 0 Å². The Morgan fingerprint density at radius 3 is 2.38 bits per heavy atom. The van der Waals surface area contributed by atoms with Crippen LogP contribution < -0.4 is 0 Å². The second kappa shape index (κ2) is 3.01. The van der Waals surface area contributed by atoms with E-state index in [0.29, 0.717) is 6.42 Å². The topological polar surface area (TPSA) is 52.9 Å². The van der Waals surface area contributed by atoms with E-state index in [4.69, 9.17) is 5.11 Å². The van der Waals surface area contributed by atoms with E-state index in [0.717, 1.165) is 0 Å². The van der Waals surface area contributed by atoms with Gasteiger partial charge in [-0.15, -0.1) is 0 Å². The van der Waals surface area contributed by atoms with E-state index in [1.54, 1.807) is 0 Å². The van der Waals surface area contributed by atoms with Crippen molar-refractivity contribution in [1.29, 1.82) is 0 Å². The van der Waals surface area contributed by atoms with Crippen molar-refractivity contribution in [2.45, 2.75) is 45.7 Å². The standard InChI is InChI=1S/C9H16N2O2/c1-6-5-7(8(12)13)10-11(6)9(2,3)4/h6H,5H2,1-4H3,(H,12,13). The lowest BCUT2D eigenvalue weighted by Crippen LogP contribution is -2.40. The minimum absolute atomic E-state index is 0.101. The van der Waals surface area contributed by atoms with Gasteiger partial charge in [-0.3, -0.25) is 5.01 Å². The number of aliphatic carboxylic acids is 1. The molecule has 0 aromatic heterocycles. The molecule has 1 aliphatic rings. The minimum Gasteiger partial charge on any atom is -0.477 e. The van der Waals surface area contributed by atoms with Crippen molar-refractivity contribution in [3.05, 3.63) is 0 Å².